The Hall–Kier alpha value is -1.04. The van der Waals surface area contributed by atoms with E-state index in [1.807, 2.05) is 12.3 Å². The molecule has 2 aliphatic rings. The molecule has 4 nitrogen and oxygen atoms in total. The van der Waals surface area contributed by atoms with Crippen LogP contribution in [0.1, 0.15) is 37.7 Å². The van der Waals surface area contributed by atoms with E-state index in [0.717, 1.165) is 21.9 Å². The number of carbonyl (C=O) groups excluding carboxylic acids is 1. The van der Waals surface area contributed by atoms with Crippen LogP contribution in [0.5, 0.6) is 0 Å². The van der Waals surface area contributed by atoms with E-state index < -0.39 is 0 Å². The molecule has 138 valence electrons. The maximum atomic E-state index is 12.4. The number of benzene rings is 1. The fraction of sp³-hybridized carbons (Fsp3) is 0.474. The van der Waals surface area contributed by atoms with Crippen LogP contribution in [0.2, 0.25) is 10.0 Å². The molecular formula is C19H20BrCl2N3O. The number of nitrogens with zero attached hydrogens (tertiary/aromatic N) is 2. The third-order valence-corrected chi connectivity index (χ3v) is 6.82. The molecule has 1 N–H and O–H groups in total. The molecule has 0 spiro atoms. The first-order valence-corrected chi connectivity index (χ1v) is 10.5. The molecule has 1 aromatic heterocycles. The highest BCUT2D eigenvalue weighted by molar-refractivity contribution is 9.10. The zero-order valence-corrected chi connectivity index (χ0v) is 17.3. The summed E-state index contributed by atoms with van der Waals surface area (Å²) in [5.41, 5.74) is 0.922. The molecule has 7 heteroatoms. The van der Waals surface area contributed by atoms with Gasteiger partial charge in [-0.1, -0.05) is 35.7 Å². The molecule has 0 saturated heterocycles. The second-order valence-corrected chi connectivity index (χ2v) is 9.14. The first-order chi connectivity index (χ1) is 12.5. The van der Waals surface area contributed by atoms with Gasteiger partial charge in [0.1, 0.15) is 0 Å². The number of halogens is 3. The molecule has 2 aromatic rings. The summed E-state index contributed by atoms with van der Waals surface area (Å²) in [6.45, 7) is 0.511. The van der Waals surface area contributed by atoms with Crippen LogP contribution in [0.25, 0.3) is 0 Å². The third kappa shape index (κ3) is 3.95. The maximum absolute atomic E-state index is 12.4. The Morgan fingerprint density at radius 1 is 1.31 bits per heavy atom. The van der Waals surface area contributed by atoms with E-state index in [-0.39, 0.29) is 5.91 Å². The number of nitrogens with one attached hydrogen (secondary N) is 1. The van der Waals surface area contributed by atoms with E-state index in [4.69, 9.17) is 23.2 Å². The van der Waals surface area contributed by atoms with Gasteiger partial charge in [-0.25, -0.2) is 0 Å². The van der Waals surface area contributed by atoms with E-state index >= 15 is 0 Å². The van der Waals surface area contributed by atoms with Gasteiger partial charge in [-0.05, 0) is 70.6 Å². The SMILES string of the molecule is O=C(CC1CC2CCC1C2)Nc1nn(Cc2ccc(Cl)cc2Cl)cc1Br. The van der Waals surface area contributed by atoms with Gasteiger partial charge in [0.25, 0.3) is 0 Å². The number of fused-ring (bicyclic) bond motifs is 2. The fourth-order valence-corrected chi connectivity index (χ4v) is 5.32. The molecule has 2 fully saturated rings. The maximum Gasteiger partial charge on any atom is 0.225 e. The van der Waals surface area contributed by atoms with Crippen LogP contribution in [-0.4, -0.2) is 15.7 Å². The predicted molar refractivity (Wildman–Crippen MR) is 108 cm³/mol. The van der Waals surface area contributed by atoms with E-state index in [2.05, 4.69) is 26.3 Å². The molecule has 3 atom stereocenters. The average molecular weight is 457 g/mol. The Kier molecular flexibility index (Phi) is 5.31. The summed E-state index contributed by atoms with van der Waals surface area (Å²) >= 11 is 15.6. The molecule has 2 saturated carbocycles. The van der Waals surface area contributed by atoms with Crippen molar-refractivity contribution in [3.63, 3.8) is 0 Å². The Balaban J connectivity index is 1.39. The largest absolute Gasteiger partial charge is 0.308 e. The van der Waals surface area contributed by atoms with Crippen molar-refractivity contribution in [1.29, 1.82) is 0 Å². The van der Waals surface area contributed by atoms with Crippen molar-refractivity contribution < 1.29 is 4.79 Å². The highest BCUT2D eigenvalue weighted by Crippen LogP contribution is 2.49. The van der Waals surface area contributed by atoms with Gasteiger partial charge >= 0.3 is 0 Å². The molecule has 0 aliphatic heterocycles. The minimum absolute atomic E-state index is 0.0537. The number of amides is 1. The van der Waals surface area contributed by atoms with Crippen molar-refractivity contribution in [1.82, 2.24) is 9.78 Å². The molecule has 26 heavy (non-hydrogen) atoms. The lowest BCUT2D eigenvalue weighted by Crippen LogP contribution is -2.20. The summed E-state index contributed by atoms with van der Waals surface area (Å²) in [7, 11) is 0. The quantitative estimate of drug-likeness (QED) is 0.621. The molecule has 1 aromatic carbocycles. The van der Waals surface area contributed by atoms with Gasteiger partial charge in [0.2, 0.25) is 5.91 Å². The topological polar surface area (TPSA) is 46.9 Å². The Bertz CT molecular complexity index is 838. The number of hydrogen-bond donors (Lipinski definition) is 1. The summed E-state index contributed by atoms with van der Waals surface area (Å²) in [5.74, 6) is 2.76. The normalized spacial score (nSPS) is 24.2. The summed E-state index contributed by atoms with van der Waals surface area (Å²) in [6, 6.07) is 5.40. The van der Waals surface area contributed by atoms with Gasteiger partial charge in [0.15, 0.2) is 5.82 Å². The first kappa shape index (κ1) is 18.3. The summed E-state index contributed by atoms with van der Waals surface area (Å²) in [6.07, 6.45) is 7.62. The zero-order chi connectivity index (χ0) is 18.3. The van der Waals surface area contributed by atoms with Crippen molar-refractivity contribution >= 4 is 50.9 Å². The molecule has 2 bridgehead atoms. The predicted octanol–water partition coefficient (Wildman–Crippen LogP) is 5.77. The number of anilines is 1. The van der Waals surface area contributed by atoms with Crippen molar-refractivity contribution in [2.24, 2.45) is 17.8 Å². The van der Waals surface area contributed by atoms with Crippen LogP contribution < -0.4 is 5.32 Å². The minimum atomic E-state index is 0.0537. The van der Waals surface area contributed by atoms with Gasteiger partial charge in [-0.3, -0.25) is 9.48 Å². The van der Waals surface area contributed by atoms with Gasteiger partial charge in [-0.2, -0.15) is 5.10 Å². The van der Waals surface area contributed by atoms with E-state index in [1.54, 1.807) is 16.8 Å². The second-order valence-electron chi connectivity index (χ2n) is 7.45. The lowest BCUT2D eigenvalue weighted by Gasteiger charge is -2.20. The lowest BCUT2D eigenvalue weighted by molar-refractivity contribution is -0.117. The highest BCUT2D eigenvalue weighted by Gasteiger charge is 2.40. The van der Waals surface area contributed by atoms with E-state index in [9.17, 15) is 4.79 Å². The van der Waals surface area contributed by atoms with Gasteiger partial charge in [0, 0.05) is 22.7 Å². The van der Waals surface area contributed by atoms with Crippen LogP contribution in [0, 0.1) is 17.8 Å². The molecular weight excluding hydrogens is 437 g/mol. The summed E-state index contributed by atoms with van der Waals surface area (Å²) in [5, 5.41) is 8.64. The molecule has 3 unspecified atom stereocenters. The van der Waals surface area contributed by atoms with Crippen molar-refractivity contribution in [2.45, 2.75) is 38.6 Å². The standard InChI is InChI=1S/C19H20BrCl2N3O/c20-16-10-25(9-13-3-4-15(21)8-17(13)22)24-19(16)23-18(26)7-14-6-11-1-2-12(14)5-11/h3-4,8,10-12,14H,1-2,5-7,9H2,(H,23,24,26). The van der Waals surface area contributed by atoms with Crippen molar-refractivity contribution in [3.05, 3.63) is 44.5 Å². The smallest absolute Gasteiger partial charge is 0.225 e. The fourth-order valence-electron chi connectivity index (χ4n) is 4.43. The van der Waals surface area contributed by atoms with Gasteiger partial charge < -0.3 is 5.32 Å². The Morgan fingerprint density at radius 2 is 2.15 bits per heavy atom. The Morgan fingerprint density at radius 3 is 2.85 bits per heavy atom. The van der Waals surface area contributed by atoms with Crippen LogP contribution in [0.4, 0.5) is 5.82 Å². The van der Waals surface area contributed by atoms with Crippen LogP contribution in [0.3, 0.4) is 0 Å². The van der Waals surface area contributed by atoms with Crippen molar-refractivity contribution in [3.8, 4) is 0 Å². The third-order valence-electron chi connectivity index (χ3n) is 5.65. The number of carbonyl (C=O) groups is 1. The van der Waals surface area contributed by atoms with Crippen LogP contribution >= 0.6 is 39.1 Å². The Labute approximate surface area is 171 Å². The van der Waals surface area contributed by atoms with E-state index in [0.29, 0.717) is 34.7 Å². The summed E-state index contributed by atoms with van der Waals surface area (Å²) < 4.78 is 2.52. The van der Waals surface area contributed by atoms with Crippen LogP contribution in [-0.2, 0) is 11.3 Å². The van der Waals surface area contributed by atoms with E-state index in [1.165, 1.54) is 25.7 Å². The highest BCUT2D eigenvalue weighted by atomic mass is 79.9. The zero-order valence-electron chi connectivity index (χ0n) is 14.2. The number of rotatable bonds is 5. The van der Waals surface area contributed by atoms with Crippen LogP contribution in [0.15, 0.2) is 28.9 Å². The monoisotopic (exact) mass is 455 g/mol. The number of aromatic nitrogens is 2. The minimum Gasteiger partial charge on any atom is -0.308 e. The first-order valence-electron chi connectivity index (χ1n) is 8.94. The van der Waals surface area contributed by atoms with Gasteiger partial charge in [-0.15, -0.1) is 0 Å². The molecule has 0 radical (unpaired) electrons. The molecule has 2 aliphatic carbocycles. The molecule has 4 rings (SSSR count). The van der Waals surface area contributed by atoms with Crippen molar-refractivity contribution in [2.75, 3.05) is 5.32 Å². The molecule has 1 heterocycles. The summed E-state index contributed by atoms with van der Waals surface area (Å²) in [4.78, 5) is 12.4. The van der Waals surface area contributed by atoms with Gasteiger partial charge in [0.05, 0.1) is 11.0 Å². The number of hydrogen-bond acceptors (Lipinski definition) is 2. The lowest BCUT2D eigenvalue weighted by atomic mass is 9.86. The molecule has 1 amide bonds. The second kappa shape index (κ2) is 7.53. The average Bonchev–Trinajstić information content (AvgIpc) is 3.27.